The molecule has 0 spiro atoms. The smallest absolute Gasteiger partial charge is 0.341 e. The van der Waals surface area contributed by atoms with Gasteiger partial charge in [-0.1, -0.05) is 31.5 Å². The van der Waals surface area contributed by atoms with Gasteiger partial charge in [-0.3, -0.25) is 4.79 Å². The Bertz CT molecular complexity index is 1070. The van der Waals surface area contributed by atoms with Gasteiger partial charge in [0.2, 0.25) is 10.0 Å². The lowest BCUT2D eigenvalue weighted by Crippen LogP contribution is -2.31. The van der Waals surface area contributed by atoms with Crippen LogP contribution < -0.4 is 10.1 Å². The van der Waals surface area contributed by atoms with E-state index < -0.39 is 21.9 Å². The number of carbonyl (C=O) groups excluding carboxylic acids is 2. The molecule has 0 aliphatic carbocycles. The molecule has 0 heterocycles. The molecule has 0 atom stereocenters. The summed E-state index contributed by atoms with van der Waals surface area (Å²) in [5.74, 6) is -0.765. The molecule has 0 saturated heterocycles. The average molecular weight is 469 g/mol. The van der Waals surface area contributed by atoms with Crippen molar-refractivity contribution in [2.75, 3.05) is 27.3 Å². The Morgan fingerprint density at radius 3 is 2.29 bits per heavy atom. The molecule has 31 heavy (non-hydrogen) atoms. The van der Waals surface area contributed by atoms with Crippen molar-refractivity contribution in [1.82, 2.24) is 9.62 Å². The Kier molecular flexibility index (Phi) is 8.43. The number of ether oxygens (including phenoxy) is 2. The van der Waals surface area contributed by atoms with E-state index in [4.69, 9.17) is 21.1 Å². The first-order valence-corrected chi connectivity index (χ1v) is 11.3. The molecular weight excluding hydrogens is 444 g/mol. The highest BCUT2D eigenvalue weighted by atomic mass is 35.5. The number of hydrogen-bond donors (Lipinski definition) is 1. The Hall–Kier alpha value is -2.62. The molecule has 0 radical (unpaired) electrons. The number of benzene rings is 2. The van der Waals surface area contributed by atoms with E-state index in [1.54, 1.807) is 32.0 Å². The maximum atomic E-state index is 12.7. The van der Waals surface area contributed by atoms with Crippen molar-refractivity contribution in [3.63, 3.8) is 0 Å². The van der Waals surface area contributed by atoms with Crippen LogP contribution in [-0.2, 0) is 21.3 Å². The van der Waals surface area contributed by atoms with Gasteiger partial charge < -0.3 is 14.8 Å². The first-order valence-electron chi connectivity index (χ1n) is 9.52. The van der Waals surface area contributed by atoms with Gasteiger partial charge >= 0.3 is 5.97 Å². The zero-order chi connectivity index (χ0) is 23.2. The van der Waals surface area contributed by atoms with Crippen molar-refractivity contribution in [2.45, 2.75) is 25.3 Å². The molecule has 0 aliphatic heterocycles. The summed E-state index contributed by atoms with van der Waals surface area (Å²) in [4.78, 5) is 24.6. The van der Waals surface area contributed by atoms with Crippen molar-refractivity contribution in [3.05, 3.63) is 58.1 Å². The Labute approximate surface area is 187 Å². The standard InChI is InChI=1S/C21H25ClN2O6S/c1-5-24(6-2)31(27,28)15-8-9-18(22)16(12-15)20(25)23-13-14-7-10-19(29-3)17(11-14)21(26)30-4/h7-12H,5-6,13H2,1-4H3,(H,23,25). The predicted molar refractivity (Wildman–Crippen MR) is 117 cm³/mol. The number of carbonyl (C=O) groups is 2. The molecule has 0 bridgehead atoms. The molecule has 2 aromatic carbocycles. The SMILES string of the molecule is CCN(CC)S(=O)(=O)c1ccc(Cl)c(C(=O)NCc2ccc(OC)c(C(=O)OC)c2)c1. The fourth-order valence-corrected chi connectivity index (χ4v) is 4.65. The summed E-state index contributed by atoms with van der Waals surface area (Å²) in [6, 6.07) is 8.86. The topological polar surface area (TPSA) is 102 Å². The van der Waals surface area contributed by atoms with Gasteiger partial charge in [0, 0.05) is 19.6 Å². The number of amides is 1. The maximum Gasteiger partial charge on any atom is 0.341 e. The van der Waals surface area contributed by atoms with E-state index in [2.05, 4.69) is 5.32 Å². The average Bonchev–Trinajstić information content (AvgIpc) is 2.77. The second kappa shape index (κ2) is 10.6. The van der Waals surface area contributed by atoms with Crippen LogP contribution in [0.1, 0.15) is 40.1 Å². The van der Waals surface area contributed by atoms with Crippen molar-refractivity contribution >= 4 is 33.5 Å². The van der Waals surface area contributed by atoms with Gasteiger partial charge in [-0.2, -0.15) is 4.31 Å². The zero-order valence-corrected chi connectivity index (χ0v) is 19.3. The number of rotatable bonds is 9. The highest BCUT2D eigenvalue weighted by Crippen LogP contribution is 2.24. The second-order valence-electron chi connectivity index (χ2n) is 6.44. The lowest BCUT2D eigenvalue weighted by Gasteiger charge is -2.19. The first kappa shape index (κ1) is 24.6. The molecule has 0 unspecified atom stereocenters. The van der Waals surface area contributed by atoms with E-state index in [0.29, 0.717) is 24.4 Å². The molecule has 0 aliphatic rings. The van der Waals surface area contributed by atoms with E-state index in [-0.39, 0.29) is 27.6 Å². The number of esters is 1. The van der Waals surface area contributed by atoms with Gasteiger partial charge in [0.1, 0.15) is 11.3 Å². The largest absolute Gasteiger partial charge is 0.496 e. The molecule has 1 N–H and O–H groups in total. The number of nitrogens with zero attached hydrogens (tertiary/aromatic N) is 1. The third-order valence-corrected chi connectivity index (χ3v) is 7.02. The monoisotopic (exact) mass is 468 g/mol. The minimum absolute atomic E-state index is 0.0109. The minimum atomic E-state index is -3.74. The highest BCUT2D eigenvalue weighted by molar-refractivity contribution is 7.89. The van der Waals surface area contributed by atoms with Crippen LogP contribution >= 0.6 is 11.6 Å². The molecule has 0 aromatic heterocycles. The van der Waals surface area contributed by atoms with E-state index >= 15 is 0 Å². The van der Waals surface area contributed by atoms with Gasteiger partial charge in [-0.15, -0.1) is 0 Å². The fraction of sp³-hybridized carbons (Fsp3) is 0.333. The normalized spacial score (nSPS) is 11.3. The summed E-state index contributed by atoms with van der Waals surface area (Å²) in [5, 5.41) is 2.81. The number of halogens is 1. The molecule has 8 nitrogen and oxygen atoms in total. The summed E-state index contributed by atoms with van der Waals surface area (Å²) in [7, 11) is -1.04. The fourth-order valence-electron chi connectivity index (χ4n) is 2.96. The van der Waals surface area contributed by atoms with Gasteiger partial charge in [0.25, 0.3) is 5.91 Å². The first-order chi connectivity index (χ1) is 14.7. The predicted octanol–water partition coefficient (Wildman–Crippen LogP) is 3.10. The number of hydrogen-bond acceptors (Lipinski definition) is 6. The van der Waals surface area contributed by atoms with Crippen LogP contribution in [0.2, 0.25) is 5.02 Å². The molecule has 0 fully saturated rings. The summed E-state index contributed by atoms with van der Waals surface area (Å²) >= 11 is 6.15. The molecular formula is C21H25ClN2O6S. The Morgan fingerprint density at radius 2 is 1.71 bits per heavy atom. The van der Waals surface area contributed by atoms with E-state index in [0.717, 1.165) is 0 Å². The van der Waals surface area contributed by atoms with Crippen LogP contribution in [0, 0.1) is 0 Å². The van der Waals surface area contributed by atoms with E-state index in [1.807, 2.05) is 0 Å². The minimum Gasteiger partial charge on any atom is -0.496 e. The van der Waals surface area contributed by atoms with Crippen LogP contribution in [0.5, 0.6) is 5.75 Å². The molecule has 10 heteroatoms. The quantitative estimate of drug-likeness (QED) is 0.567. The van der Waals surface area contributed by atoms with Gasteiger partial charge in [0.05, 0.1) is 29.7 Å². The van der Waals surface area contributed by atoms with Crippen molar-refractivity contribution < 1.29 is 27.5 Å². The van der Waals surface area contributed by atoms with Crippen LogP contribution in [0.15, 0.2) is 41.3 Å². The van der Waals surface area contributed by atoms with Crippen LogP contribution in [-0.4, -0.2) is 51.9 Å². The lowest BCUT2D eigenvalue weighted by atomic mass is 10.1. The number of nitrogens with one attached hydrogen (secondary N) is 1. The van der Waals surface area contributed by atoms with E-state index in [9.17, 15) is 18.0 Å². The summed E-state index contributed by atoms with van der Waals surface area (Å²) in [6.45, 7) is 4.17. The van der Waals surface area contributed by atoms with Crippen molar-refractivity contribution in [3.8, 4) is 5.75 Å². The molecule has 2 rings (SSSR count). The van der Waals surface area contributed by atoms with Gasteiger partial charge in [-0.25, -0.2) is 13.2 Å². The lowest BCUT2D eigenvalue weighted by molar-refractivity contribution is 0.0597. The molecule has 168 valence electrons. The van der Waals surface area contributed by atoms with Crippen LogP contribution in [0.4, 0.5) is 0 Å². The number of methoxy groups -OCH3 is 2. The Balaban J connectivity index is 2.26. The second-order valence-corrected chi connectivity index (χ2v) is 8.79. The van der Waals surface area contributed by atoms with Gasteiger partial charge in [-0.05, 0) is 35.9 Å². The van der Waals surface area contributed by atoms with Crippen molar-refractivity contribution in [1.29, 1.82) is 0 Å². The maximum absolute atomic E-state index is 12.7. The van der Waals surface area contributed by atoms with Crippen LogP contribution in [0.3, 0.4) is 0 Å². The zero-order valence-electron chi connectivity index (χ0n) is 17.8. The molecule has 0 saturated carbocycles. The van der Waals surface area contributed by atoms with Gasteiger partial charge in [0.15, 0.2) is 0 Å². The number of sulfonamides is 1. The Morgan fingerprint density at radius 1 is 1.03 bits per heavy atom. The highest BCUT2D eigenvalue weighted by Gasteiger charge is 2.24. The van der Waals surface area contributed by atoms with Crippen molar-refractivity contribution in [2.24, 2.45) is 0 Å². The third kappa shape index (κ3) is 5.55. The van der Waals surface area contributed by atoms with Crippen LogP contribution in [0.25, 0.3) is 0 Å². The summed E-state index contributed by atoms with van der Waals surface area (Å²) < 4.78 is 36.7. The third-order valence-electron chi connectivity index (χ3n) is 4.65. The molecule has 2 aromatic rings. The molecule has 1 amide bonds. The van der Waals surface area contributed by atoms with E-state index in [1.165, 1.54) is 36.7 Å². The summed E-state index contributed by atoms with van der Waals surface area (Å²) in [5.41, 5.74) is 0.885. The summed E-state index contributed by atoms with van der Waals surface area (Å²) in [6.07, 6.45) is 0.